The number of ether oxygens (including phenoxy) is 2. The summed E-state index contributed by atoms with van der Waals surface area (Å²) in [5.41, 5.74) is 0.950. The molecule has 3 rings (SSSR count). The van der Waals surface area contributed by atoms with Gasteiger partial charge in [-0.2, -0.15) is 0 Å². The van der Waals surface area contributed by atoms with Gasteiger partial charge in [0.05, 0.1) is 6.10 Å². The van der Waals surface area contributed by atoms with Crippen LogP contribution in [0.15, 0.2) is 47.6 Å². The minimum absolute atomic E-state index is 0. The molecular weight excluding hydrogens is 522 g/mol. The number of aromatic nitrogens is 1. The Morgan fingerprint density at radius 1 is 1.25 bits per heavy atom. The molecule has 0 amide bonds. The first kappa shape index (κ1) is 26.3. The highest BCUT2D eigenvalue weighted by Gasteiger charge is 2.35. The molecule has 32 heavy (non-hydrogen) atoms. The van der Waals surface area contributed by atoms with Crippen LogP contribution in [-0.4, -0.2) is 37.2 Å². The van der Waals surface area contributed by atoms with Crippen LogP contribution >= 0.6 is 24.0 Å². The summed E-state index contributed by atoms with van der Waals surface area (Å²) in [6, 6.07) is 9.80. The number of hydrogen-bond acceptors (Lipinski definition) is 4. The van der Waals surface area contributed by atoms with Gasteiger partial charge in [-0.15, -0.1) is 24.0 Å². The predicted molar refractivity (Wildman–Crippen MR) is 136 cm³/mol. The normalized spacial score (nSPS) is 19.1. The third-order valence-corrected chi connectivity index (χ3v) is 5.36. The van der Waals surface area contributed by atoms with Gasteiger partial charge in [-0.3, -0.25) is 4.99 Å². The van der Waals surface area contributed by atoms with E-state index in [0.29, 0.717) is 30.1 Å². The van der Waals surface area contributed by atoms with Crippen molar-refractivity contribution in [2.24, 2.45) is 16.3 Å². The smallest absolute Gasteiger partial charge is 0.224 e. The van der Waals surface area contributed by atoms with Crippen LogP contribution in [-0.2, 0) is 11.3 Å². The fourth-order valence-corrected chi connectivity index (χ4v) is 3.93. The van der Waals surface area contributed by atoms with E-state index in [0.717, 1.165) is 31.6 Å². The zero-order valence-electron chi connectivity index (χ0n) is 19.2. The molecule has 1 aromatic carbocycles. The molecular formula is C24H34FIN4O2. The number of hydrogen-bond donors (Lipinski definition) is 2. The standard InChI is InChI=1S/C24H33FN4O2.HI/c1-24(2,3)21-17(9-7-13-30-21)15-28-23(26-4)29-16-18-8-6-12-27-22(18)31-20-11-5-10-19(25)14-20;/h5-6,8,10-12,14,17,21H,7,9,13,15-16H2,1-4H3,(H2,26,28,29);1H. The maximum absolute atomic E-state index is 13.5. The molecule has 2 unspecified atom stereocenters. The number of rotatable bonds is 6. The Hall–Kier alpha value is -1.94. The number of nitrogens with zero attached hydrogens (tertiary/aromatic N) is 2. The molecule has 0 spiro atoms. The molecule has 176 valence electrons. The summed E-state index contributed by atoms with van der Waals surface area (Å²) in [7, 11) is 1.75. The van der Waals surface area contributed by atoms with E-state index in [1.165, 1.54) is 12.1 Å². The topological polar surface area (TPSA) is 67.8 Å². The van der Waals surface area contributed by atoms with Crippen molar-refractivity contribution in [2.75, 3.05) is 20.2 Å². The molecule has 0 saturated carbocycles. The quantitative estimate of drug-likeness (QED) is 0.293. The van der Waals surface area contributed by atoms with Crippen LogP contribution in [0.3, 0.4) is 0 Å². The third kappa shape index (κ3) is 7.58. The molecule has 2 atom stereocenters. The van der Waals surface area contributed by atoms with E-state index in [2.05, 4.69) is 41.4 Å². The lowest BCUT2D eigenvalue weighted by Crippen LogP contribution is -2.47. The zero-order valence-corrected chi connectivity index (χ0v) is 21.6. The van der Waals surface area contributed by atoms with Crippen LogP contribution in [0.4, 0.5) is 4.39 Å². The number of benzene rings is 1. The van der Waals surface area contributed by atoms with Gasteiger partial charge in [-0.05, 0) is 36.5 Å². The maximum Gasteiger partial charge on any atom is 0.224 e. The Morgan fingerprint density at radius 2 is 2.06 bits per heavy atom. The van der Waals surface area contributed by atoms with Crippen LogP contribution in [0.2, 0.25) is 0 Å². The number of guanidine groups is 1. The van der Waals surface area contributed by atoms with E-state index >= 15 is 0 Å². The monoisotopic (exact) mass is 556 g/mol. The number of pyridine rings is 1. The first-order chi connectivity index (χ1) is 14.9. The van der Waals surface area contributed by atoms with Crippen molar-refractivity contribution < 1.29 is 13.9 Å². The highest BCUT2D eigenvalue weighted by molar-refractivity contribution is 14.0. The average Bonchev–Trinajstić information content (AvgIpc) is 2.74. The van der Waals surface area contributed by atoms with Gasteiger partial charge in [0.2, 0.25) is 5.88 Å². The first-order valence-corrected chi connectivity index (χ1v) is 10.8. The van der Waals surface area contributed by atoms with Crippen molar-refractivity contribution in [2.45, 2.75) is 46.3 Å². The van der Waals surface area contributed by atoms with Gasteiger partial charge in [0.25, 0.3) is 0 Å². The fraction of sp³-hybridized carbons (Fsp3) is 0.500. The Labute approximate surface area is 207 Å². The van der Waals surface area contributed by atoms with Crippen LogP contribution in [0.5, 0.6) is 11.6 Å². The highest BCUT2D eigenvalue weighted by atomic mass is 127. The number of aliphatic imine (C=N–C) groups is 1. The fourth-order valence-electron chi connectivity index (χ4n) is 3.93. The molecule has 2 heterocycles. The van der Waals surface area contributed by atoms with Gasteiger partial charge in [-0.1, -0.05) is 32.9 Å². The van der Waals surface area contributed by atoms with E-state index in [1.807, 2.05) is 12.1 Å². The van der Waals surface area contributed by atoms with Crippen LogP contribution in [0, 0.1) is 17.2 Å². The maximum atomic E-state index is 13.5. The van der Waals surface area contributed by atoms with Gasteiger partial charge in [0.1, 0.15) is 11.6 Å². The van der Waals surface area contributed by atoms with Crippen LogP contribution in [0.1, 0.15) is 39.2 Å². The second-order valence-electron chi connectivity index (χ2n) is 8.89. The zero-order chi connectivity index (χ0) is 22.3. The summed E-state index contributed by atoms with van der Waals surface area (Å²) in [6.45, 7) is 8.78. The lowest BCUT2D eigenvalue weighted by molar-refractivity contribution is -0.0835. The Kier molecular flexibility index (Phi) is 10.1. The molecule has 0 radical (unpaired) electrons. The first-order valence-electron chi connectivity index (χ1n) is 10.8. The molecule has 1 aliphatic rings. The molecule has 0 aliphatic carbocycles. The SMILES string of the molecule is CN=C(NCc1cccnc1Oc1cccc(F)c1)NCC1CCCOC1C(C)(C)C.I. The molecule has 2 aromatic rings. The largest absolute Gasteiger partial charge is 0.439 e. The van der Waals surface area contributed by atoms with E-state index in [9.17, 15) is 4.39 Å². The molecule has 8 heteroatoms. The van der Waals surface area contributed by atoms with Gasteiger partial charge < -0.3 is 20.1 Å². The van der Waals surface area contributed by atoms with Gasteiger partial charge in [0.15, 0.2) is 5.96 Å². The lowest BCUT2D eigenvalue weighted by Gasteiger charge is -2.40. The van der Waals surface area contributed by atoms with E-state index < -0.39 is 0 Å². The number of nitrogens with one attached hydrogen (secondary N) is 2. The van der Waals surface area contributed by atoms with Crippen LogP contribution < -0.4 is 15.4 Å². The molecule has 1 aliphatic heterocycles. The van der Waals surface area contributed by atoms with E-state index in [4.69, 9.17) is 9.47 Å². The van der Waals surface area contributed by atoms with Crippen molar-refractivity contribution in [3.05, 3.63) is 54.0 Å². The van der Waals surface area contributed by atoms with Crippen LogP contribution in [0.25, 0.3) is 0 Å². The Morgan fingerprint density at radius 3 is 2.78 bits per heavy atom. The second kappa shape index (κ2) is 12.3. The Bertz CT molecular complexity index is 888. The summed E-state index contributed by atoms with van der Waals surface area (Å²) in [5, 5.41) is 6.76. The average molecular weight is 556 g/mol. The Balaban J connectivity index is 0.00000363. The second-order valence-corrected chi connectivity index (χ2v) is 8.89. The minimum atomic E-state index is -0.349. The molecule has 0 bridgehead atoms. The summed E-state index contributed by atoms with van der Waals surface area (Å²) < 4.78 is 25.3. The molecule has 1 aromatic heterocycles. The van der Waals surface area contributed by atoms with Crippen molar-refractivity contribution in [3.63, 3.8) is 0 Å². The van der Waals surface area contributed by atoms with E-state index in [1.54, 1.807) is 25.4 Å². The molecule has 2 N–H and O–H groups in total. The van der Waals surface area contributed by atoms with Gasteiger partial charge in [-0.25, -0.2) is 9.37 Å². The lowest BCUT2D eigenvalue weighted by atomic mass is 9.78. The van der Waals surface area contributed by atoms with Crippen molar-refractivity contribution in [3.8, 4) is 11.6 Å². The minimum Gasteiger partial charge on any atom is -0.439 e. The summed E-state index contributed by atoms with van der Waals surface area (Å²) in [4.78, 5) is 8.65. The molecule has 1 fully saturated rings. The highest BCUT2D eigenvalue weighted by Crippen LogP contribution is 2.33. The molecule has 6 nitrogen and oxygen atoms in total. The number of halogens is 2. The van der Waals surface area contributed by atoms with Gasteiger partial charge in [0, 0.05) is 50.5 Å². The summed E-state index contributed by atoms with van der Waals surface area (Å²) >= 11 is 0. The third-order valence-electron chi connectivity index (χ3n) is 5.36. The van der Waals surface area contributed by atoms with Crippen molar-refractivity contribution in [1.29, 1.82) is 0 Å². The van der Waals surface area contributed by atoms with Crippen molar-refractivity contribution in [1.82, 2.24) is 15.6 Å². The summed E-state index contributed by atoms with van der Waals surface area (Å²) in [6.07, 6.45) is 4.10. The molecule has 1 saturated heterocycles. The van der Waals surface area contributed by atoms with Gasteiger partial charge >= 0.3 is 0 Å². The summed E-state index contributed by atoms with van der Waals surface area (Å²) in [5.74, 6) is 1.63. The van der Waals surface area contributed by atoms with Crippen molar-refractivity contribution >= 4 is 29.9 Å². The predicted octanol–water partition coefficient (Wildman–Crippen LogP) is 5.14. The van der Waals surface area contributed by atoms with E-state index in [-0.39, 0.29) is 41.3 Å².